The Morgan fingerprint density at radius 1 is 1.03 bits per heavy atom. The first kappa shape index (κ1) is 20.4. The zero-order valence-electron chi connectivity index (χ0n) is 17.8. The molecule has 0 bridgehead atoms. The Morgan fingerprint density at radius 2 is 1.81 bits per heavy atom. The van der Waals surface area contributed by atoms with Crippen LogP contribution in [0.15, 0.2) is 23.0 Å². The highest BCUT2D eigenvalue weighted by atomic mass is 16.5. The Hall–Kier alpha value is -2.49. The number of benzene rings is 1. The Balaban J connectivity index is 1.28. The summed E-state index contributed by atoms with van der Waals surface area (Å²) in [4.78, 5) is 39.0. The van der Waals surface area contributed by atoms with E-state index in [1.165, 1.54) is 4.57 Å². The lowest BCUT2D eigenvalue weighted by Gasteiger charge is -2.41. The van der Waals surface area contributed by atoms with Gasteiger partial charge in [-0.05, 0) is 50.0 Å². The summed E-state index contributed by atoms with van der Waals surface area (Å²) in [6, 6.07) is 5.31. The molecule has 3 fully saturated rings. The lowest BCUT2D eigenvalue weighted by molar-refractivity contribution is -0.135. The van der Waals surface area contributed by atoms with Crippen LogP contribution in [0.25, 0.3) is 11.0 Å². The number of carbonyl (C=O) groups is 2. The third-order valence-electron chi connectivity index (χ3n) is 6.68. The van der Waals surface area contributed by atoms with E-state index in [1.54, 1.807) is 11.6 Å². The van der Waals surface area contributed by atoms with Crippen LogP contribution in [0, 0.1) is 0 Å². The van der Waals surface area contributed by atoms with Gasteiger partial charge in [0, 0.05) is 33.1 Å². The molecule has 5 rings (SSSR count). The van der Waals surface area contributed by atoms with Crippen molar-refractivity contribution < 1.29 is 14.3 Å². The quantitative estimate of drug-likeness (QED) is 0.665. The largest absolute Gasteiger partial charge is 0.372 e. The second-order valence-electron chi connectivity index (χ2n) is 8.90. The zero-order valence-corrected chi connectivity index (χ0v) is 17.8. The fraction of sp³-hybridized carbons (Fsp3) is 0.591. The molecule has 0 spiro atoms. The van der Waals surface area contributed by atoms with Crippen molar-refractivity contribution in [3.05, 3.63) is 34.2 Å². The van der Waals surface area contributed by atoms with Crippen molar-refractivity contribution in [2.45, 2.75) is 50.5 Å². The number of imide groups is 1. The van der Waals surface area contributed by atoms with Crippen LogP contribution in [-0.2, 0) is 27.9 Å². The Kier molecular flexibility index (Phi) is 5.41. The molecule has 1 atom stereocenters. The molecule has 3 aliphatic rings. The first-order valence-electron chi connectivity index (χ1n) is 11.1. The van der Waals surface area contributed by atoms with E-state index < -0.39 is 11.9 Å². The summed E-state index contributed by atoms with van der Waals surface area (Å²) in [5.74, 6) is -0.691. The van der Waals surface area contributed by atoms with Crippen molar-refractivity contribution in [3.63, 3.8) is 0 Å². The molecule has 0 aliphatic carbocycles. The predicted molar refractivity (Wildman–Crippen MR) is 115 cm³/mol. The lowest BCUT2D eigenvalue weighted by atomic mass is 10.1. The number of hydrogen-bond donors (Lipinski definition) is 2. The number of ether oxygens (including phenoxy) is 1. The highest BCUT2D eigenvalue weighted by molar-refractivity contribution is 6.00. The monoisotopic (exact) mass is 427 g/mol. The van der Waals surface area contributed by atoms with Gasteiger partial charge in [-0.3, -0.25) is 28.9 Å². The third kappa shape index (κ3) is 3.93. The average molecular weight is 428 g/mol. The molecule has 1 aromatic carbocycles. The number of aromatic nitrogens is 2. The van der Waals surface area contributed by atoms with Gasteiger partial charge in [0.1, 0.15) is 6.04 Å². The summed E-state index contributed by atoms with van der Waals surface area (Å²) in [7, 11) is 1.73. The van der Waals surface area contributed by atoms with Gasteiger partial charge >= 0.3 is 5.69 Å². The maximum Gasteiger partial charge on any atom is 0.329 e. The minimum atomic E-state index is -0.650. The minimum Gasteiger partial charge on any atom is -0.372 e. The highest BCUT2D eigenvalue weighted by Crippen LogP contribution is 2.25. The van der Waals surface area contributed by atoms with Gasteiger partial charge in [0.25, 0.3) is 0 Å². The van der Waals surface area contributed by atoms with E-state index in [1.807, 2.05) is 18.2 Å². The molecule has 31 heavy (non-hydrogen) atoms. The molecule has 9 heteroatoms. The number of nitrogens with zero attached hydrogens (tertiary/aromatic N) is 3. The second-order valence-corrected chi connectivity index (χ2v) is 8.90. The number of imidazole rings is 1. The molecule has 2 N–H and O–H groups in total. The summed E-state index contributed by atoms with van der Waals surface area (Å²) in [5.41, 5.74) is 2.42. The lowest BCUT2D eigenvalue weighted by Crippen LogP contribution is -2.53. The molecular weight excluding hydrogens is 398 g/mol. The molecular formula is C22H29N5O4. The summed E-state index contributed by atoms with van der Waals surface area (Å²) in [6.45, 7) is 4.74. The molecule has 3 aliphatic heterocycles. The minimum absolute atomic E-state index is 0.235. The molecule has 2 amide bonds. The molecule has 4 heterocycles. The third-order valence-corrected chi connectivity index (χ3v) is 6.68. The summed E-state index contributed by atoms with van der Waals surface area (Å²) < 4.78 is 9.30. The van der Waals surface area contributed by atoms with Crippen molar-refractivity contribution in [2.24, 2.45) is 7.05 Å². The van der Waals surface area contributed by atoms with Gasteiger partial charge in [0.05, 0.1) is 23.2 Å². The van der Waals surface area contributed by atoms with E-state index in [2.05, 4.69) is 15.5 Å². The number of carbonyl (C=O) groups excluding carboxylic acids is 2. The van der Waals surface area contributed by atoms with Crippen LogP contribution in [0.1, 0.15) is 37.3 Å². The first-order chi connectivity index (χ1) is 15.0. The van der Waals surface area contributed by atoms with Crippen LogP contribution < -0.4 is 16.3 Å². The number of likely N-dealkylation sites (tertiary alicyclic amines) is 1. The summed E-state index contributed by atoms with van der Waals surface area (Å²) in [5, 5.41) is 5.71. The summed E-state index contributed by atoms with van der Waals surface area (Å²) in [6.07, 6.45) is 3.46. The van der Waals surface area contributed by atoms with E-state index in [-0.39, 0.29) is 18.0 Å². The molecule has 3 saturated heterocycles. The van der Waals surface area contributed by atoms with E-state index in [9.17, 15) is 14.4 Å². The van der Waals surface area contributed by atoms with Crippen molar-refractivity contribution in [2.75, 3.05) is 26.2 Å². The van der Waals surface area contributed by atoms with E-state index in [4.69, 9.17) is 4.74 Å². The number of fused-ring (bicyclic) bond motifs is 1. The fourth-order valence-electron chi connectivity index (χ4n) is 4.94. The number of nitrogens with one attached hydrogen (secondary N) is 2. The van der Waals surface area contributed by atoms with Gasteiger partial charge < -0.3 is 10.1 Å². The molecule has 2 aromatic rings. The van der Waals surface area contributed by atoms with Crippen LogP contribution in [0.2, 0.25) is 0 Å². The van der Waals surface area contributed by atoms with Crippen LogP contribution in [-0.4, -0.2) is 64.2 Å². The SMILES string of the molecule is Cn1c(=O)n(C2CCC(=O)NC2=O)c2ccc(CN3CC(OC4CCNCC4)C3)cc21. The van der Waals surface area contributed by atoms with Gasteiger partial charge in [0.15, 0.2) is 0 Å². The Morgan fingerprint density at radius 3 is 2.55 bits per heavy atom. The van der Waals surface area contributed by atoms with Gasteiger partial charge in [-0.25, -0.2) is 4.79 Å². The maximum absolute atomic E-state index is 12.9. The molecule has 166 valence electrons. The highest BCUT2D eigenvalue weighted by Gasteiger charge is 2.32. The number of aryl methyl sites for hydroxylation is 1. The number of piperidine rings is 2. The fourth-order valence-corrected chi connectivity index (χ4v) is 4.94. The Labute approximate surface area is 180 Å². The van der Waals surface area contributed by atoms with Crippen molar-refractivity contribution in [1.82, 2.24) is 24.7 Å². The number of amides is 2. The van der Waals surface area contributed by atoms with Gasteiger partial charge in [-0.15, -0.1) is 0 Å². The van der Waals surface area contributed by atoms with Crippen LogP contribution in [0.4, 0.5) is 0 Å². The maximum atomic E-state index is 12.9. The van der Waals surface area contributed by atoms with Gasteiger partial charge in [0.2, 0.25) is 11.8 Å². The van der Waals surface area contributed by atoms with E-state index >= 15 is 0 Å². The zero-order chi connectivity index (χ0) is 21.5. The Bertz CT molecular complexity index is 1060. The predicted octanol–water partition coefficient (Wildman–Crippen LogP) is 0.271. The molecule has 9 nitrogen and oxygen atoms in total. The van der Waals surface area contributed by atoms with Gasteiger partial charge in [-0.2, -0.15) is 0 Å². The average Bonchev–Trinajstić information content (AvgIpc) is 2.98. The van der Waals surface area contributed by atoms with E-state index in [0.29, 0.717) is 18.6 Å². The standard InChI is InChI=1S/C22H29N5O4/c1-25-19-10-14(11-26-12-16(13-26)31-15-6-8-23-9-7-15)2-3-17(19)27(22(25)30)18-4-5-20(28)24-21(18)29/h2-3,10,15-16,18,23H,4-9,11-13H2,1H3,(H,24,28,29). The van der Waals surface area contributed by atoms with Crippen molar-refractivity contribution in [3.8, 4) is 0 Å². The van der Waals surface area contributed by atoms with Crippen molar-refractivity contribution >= 4 is 22.8 Å². The van der Waals surface area contributed by atoms with Crippen LogP contribution in [0.3, 0.4) is 0 Å². The topological polar surface area (TPSA) is 97.6 Å². The molecule has 1 unspecified atom stereocenters. The van der Waals surface area contributed by atoms with Crippen LogP contribution in [0.5, 0.6) is 0 Å². The molecule has 1 aromatic heterocycles. The van der Waals surface area contributed by atoms with Gasteiger partial charge in [-0.1, -0.05) is 6.07 Å². The smallest absolute Gasteiger partial charge is 0.329 e. The first-order valence-corrected chi connectivity index (χ1v) is 11.1. The van der Waals surface area contributed by atoms with Crippen molar-refractivity contribution in [1.29, 1.82) is 0 Å². The second kappa shape index (κ2) is 8.22. The molecule has 0 radical (unpaired) electrons. The number of hydrogen-bond acceptors (Lipinski definition) is 6. The summed E-state index contributed by atoms with van der Waals surface area (Å²) >= 11 is 0. The number of rotatable bonds is 5. The molecule has 0 saturated carbocycles. The normalized spacial score (nSPS) is 23.8. The van der Waals surface area contributed by atoms with E-state index in [0.717, 1.165) is 62.2 Å². The van der Waals surface area contributed by atoms with Crippen LogP contribution >= 0.6 is 0 Å².